The van der Waals surface area contributed by atoms with Crippen LogP contribution in [0.3, 0.4) is 0 Å². The zero-order valence-corrected chi connectivity index (χ0v) is 12.4. The summed E-state index contributed by atoms with van der Waals surface area (Å²) >= 11 is 0. The molecule has 1 aliphatic rings. The van der Waals surface area contributed by atoms with Gasteiger partial charge < -0.3 is 9.84 Å². The molecule has 1 aliphatic carbocycles. The summed E-state index contributed by atoms with van der Waals surface area (Å²) in [5, 5.41) is 6.75. The lowest BCUT2D eigenvalue weighted by atomic mass is 9.96. The molecule has 0 radical (unpaired) electrons. The van der Waals surface area contributed by atoms with Crippen molar-refractivity contribution in [3.05, 3.63) is 35.5 Å². The number of rotatable bonds is 4. The summed E-state index contributed by atoms with van der Waals surface area (Å²) in [5.41, 5.74) is -1.34. The van der Waals surface area contributed by atoms with Crippen molar-refractivity contribution in [2.45, 2.75) is 44.6 Å². The predicted octanol–water partition coefficient (Wildman–Crippen LogP) is 2.30. The molecule has 0 atom stereocenters. The maximum Gasteiger partial charge on any atom is 0.280 e. The standard InChI is InChI=1S/C14H15F2N5O2/c1-8-19-13(21-23-8)14(4-2-3-5-14)20-12(22)10-6-9(11(15)16)17-7-18-10/h6-7,11H,2-5H2,1H3,(H,20,22). The van der Waals surface area contributed by atoms with Crippen molar-refractivity contribution in [3.8, 4) is 0 Å². The molecule has 2 heterocycles. The molecule has 0 spiro atoms. The molecule has 0 aromatic carbocycles. The fourth-order valence-corrected chi connectivity index (χ4v) is 2.77. The van der Waals surface area contributed by atoms with E-state index in [9.17, 15) is 13.6 Å². The maximum absolute atomic E-state index is 12.7. The van der Waals surface area contributed by atoms with Gasteiger partial charge in [-0.1, -0.05) is 18.0 Å². The van der Waals surface area contributed by atoms with Crippen LogP contribution in [0.5, 0.6) is 0 Å². The first-order chi connectivity index (χ1) is 11.0. The van der Waals surface area contributed by atoms with E-state index in [-0.39, 0.29) is 5.69 Å². The minimum absolute atomic E-state index is 0.109. The van der Waals surface area contributed by atoms with Gasteiger partial charge in [0.1, 0.15) is 23.3 Å². The highest BCUT2D eigenvalue weighted by Gasteiger charge is 2.41. The number of alkyl halides is 2. The Bertz CT molecular complexity index is 713. The van der Waals surface area contributed by atoms with Crippen molar-refractivity contribution in [2.24, 2.45) is 0 Å². The lowest BCUT2D eigenvalue weighted by molar-refractivity contribution is 0.0885. The van der Waals surface area contributed by atoms with Crippen LogP contribution in [0.4, 0.5) is 8.78 Å². The number of halogens is 2. The van der Waals surface area contributed by atoms with Gasteiger partial charge in [0.15, 0.2) is 5.82 Å². The highest BCUT2D eigenvalue weighted by molar-refractivity contribution is 5.92. The van der Waals surface area contributed by atoms with Gasteiger partial charge in [-0.25, -0.2) is 18.7 Å². The van der Waals surface area contributed by atoms with Crippen LogP contribution < -0.4 is 5.32 Å². The molecular formula is C14H15F2N5O2. The lowest BCUT2D eigenvalue weighted by Gasteiger charge is -2.26. The Morgan fingerprint density at radius 2 is 2.09 bits per heavy atom. The number of aromatic nitrogens is 4. The number of nitrogens with one attached hydrogen (secondary N) is 1. The van der Waals surface area contributed by atoms with Crippen LogP contribution in [-0.2, 0) is 5.54 Å². The maximum atomic E-state index is 12.7. The van der Waals surface area contributed by atoms with Crippen LogP contribution in [0.1, 0.15) is 60.0 Å². The highest BCUT2D eigenvalue weighted by Crippen LogP contribution is 2.37. The van der Waals surface area contributed by atoms with E-state index < -0.39 is 23.6 Å². The molecule has 0 bridgehead atoms. The fraction of sp³-hybridized carbons (Fsp3) is 0.500. The SMILES string of the molecule is Cc1nc(C2(NC(=O)c3cc(C(F)F)ncn3)CCCC2)no1. The zero-order valence-electron chi connectivity index (χ0n) is 12.4. The Kier molecular flexibility index (Phi) is 4.01. The molecule has 1 amide bonds. The molecule has 3 rings (SSSR count). The summed E-state index contributed by atoms with van der Waals surface area (Å²) < 4.78 is 30.4. The van der Waals surface area contributed by atoms with E-state index in [0.29, 0.717) is 24.6 Å². The Morgan fingerprint density at radius 1 is 1.35 bits per heavy atom. The van der Waals surface area contributed by atoms with Gasteiger partial charge >= 0.3 is 0 Å². The van der Waals surface area contributed by atoms with E-state index in [0.717, 1.165) is 25.2 Å². The lowest BCUT2D eigenvalue weighted by Crippen LogP contribution is -2.45. The monoisotopic (exact) mass is 323 g/mol. The molecule has 1 saturated carbocycles. The fourth-order valence-electron chi connectivity index (χ4n) is 2.77. The summed E-state index contributed by atoms with van der Waals surface area (Å²) in [6, 6.07) is 0.990. The van der Waals surface area contributed by atoms with Gasteiger partial charge in [0.25, 0.3) is 12.3 Å². The number of hydrogen-bond acceptors (Lipinski definition) is 6. The number of carbonyl (C=O) groups excluding carboxylic acids is 1. The number of hydrogen-bond donors (Lipinski definition) is 1. The number of nitrogens with zero attached hydrogens (tertiary/aromatic N) is 4. The first kappa shape index (κ1) is 15.4. The van der Waals surface area contributed by atoms with Gasteiger partial charge in [-0.3, -0.25) is 4.79 Å². The topological polar surface area (TPSA) is 93.8 Å². The summed E-state index contributed by atoms with van der Waals surface area (Å²) in [6.07, 6.45) is 1.32. The van der Waals surface area contributed by atoms with Crippen LogP contribution in [0.2, 0.25) is 0 Å². The Labute approximate surface area is 130 Å². The van der Waals surface area contributed by atoms with Crippen LogP contribution in [0.25, 0.3) is 0 Å². The molecule has 1 N–H and O–H groups in total. The van der Waals surface area contributed by atoms with Gasteiger partial charge in [-0.2, -0.15) is 4.98 Å². The van der Waals surface area contributed by atoms with Crippen LogP contribution in [0, 0.1) is 6.92 Å². The quantitative estimate of drug-likeness (QED) is 0.928. The summed E-state index contributed by atoms with van der Waals surface area (Å²) in [5.74, 6) is 0.255. The number of carbonyl (C=O) groups is 1. The molecule has 23 heavy (non-hydrogen) atoms. The van der Waals surface area contributed by atoms with Crippen molar-refractivity contribution < 1.29 is 18.1 Å². The summed E-state index contributed by atoms with van der Waals surface area (Å²) in [7, 11) is 0. The molecule has 0 saturated heterocycles. The smallest absolute Gasteiger partial charge is 0.280 e. The van der Waals surface area contributed by atoms with Gasteiger partial charge in [-0.15, -0.1) is 0 Å². The highest BCUT2D eigenvalue weighted by atomic mass is 19.3. The second kappa shape index (κ2) is 5.98. The van der Waals surface area contributed by atoms with Crippen molar-refractivity contribution >= 4 is 5.91 Å². The van der Waals surface area contributed by atoms with E-state index in [1.54, 1.807) is 6.92 Å². The summed E-state index contributed by atoms with van der Waals surface area (Å²) in [4.78, 5) is 23.9. The Morgan fingerprint density at radius 3 is 2.70 bits per heavy atom. The number of amides is 1. The Balaban J connectivity index is 1.86. The molecule has 0 unspecified atom stereocenters. The molecule has 122 valence electrons. The third kappa shape index (κ3) is 3.03. The van der Waals surface area contributed by atoms with E-state index >= 15 is 0 Å². The molecule has 2 aromatic rings. The van der Waals surface area contributed by atoms with Crippen molar-refractivity contribution in [3.63, 3.8) is 0 Å². The molecule has 1 fully saturated rings. The molecule has 7 nitrogen and oxygen atoms in total. The van der Waals surface area contributed by atoms with E-state index in [1.165, 1.54) is 0 Å². The van der Waals surface area contributed by atoms with E-state index in [1.807, 2.05) is 0 Å². The molecule has 9 heteroatoms. The average Bonchev–Trinajstić information content (AvgIpc) is 3.17. The van der Waals surface area contributed by atoms with Crippen LogP contribution >= 0.6 is 0 Å². The first-order valence-electron chi connectivity index (χ1n) is 7.23. The zero-order chi connectivity index (χ0) is 16.4. The van der Waals surface area contributed by atoms with Gasteiger partial charge in [0, 0.05) is 6.92 Å². The number of aryl methyl sites for hydroxylation is 1. The normalized spacial score (nSPS) is 16.7. The minimum Gasteiger partial charge on any atom is -0.340 e. The van der Waals surface area contributed by atoms with E-state index in [2.05, 4.69) is 25.4 Å². The second-order valence-corrected chi connectivity index (χ2v) is 5.51. The van der Waals surface area contributed by atoms with Crippen molar-refractivity contribution in [2.75, 3.05) is 0 Å². The summed E-state index contributed by atoms with van der Waals surface area (Å²) in [6.45, 7) is 1.67. The van der Waals surface area contributed by atoms with Crippen molar-refractivity contribution in [1.29, 1.82) is 0 Å². The van der Waals surface area contributed by atoms with Gasteiger partial charge in [0.2, 0.25) is 5.89 Å². The average molecular weight is 323 g/mol. The molecule has 0 aliphatic heterocycles. The molecule has 2 aromatic heterocycles. The third-order valence-corrected chi connectivity index (χ3v) is 3.91. The first-order valence-corrected chi connectivity index (χ1v) is 7.23. The third-order valence-electron chi connectivity index (χ3n) is 3.91. The van der Waals surface area contributed by atoms with Crippen molar-refractivity contribution in [1.82, 2.24) is 25.4 Å². The van der Waals surface area contributed by atoms with Gasteiger partial charge in [0.05, 0.1) is 0 Å². The minimum atomic E-state index is -2.76. The van der Waals surface area contributed by atoms with Crippen LogP contribution in [-0.4, -0.2) is 26.0 Å². The van der Waals surface area contributed by atoms with Gasteiger partial charge in [-0.05, 0) is 18.9 Å². The Hall–Kier alpha value is -2.45. The predicted molar refractivity (Wildman–Crippen MR) is 73.6 cm³/mol. The second-order valence-electron chi connectivity index (χ2n) is 5.51. The largest absolute Gasteiger partial charge is 0.340 e. The molecular weight excluding hydrogens is 308 g/mol. The van der Waals surface area contributed by atoms with E-state index in [4.69, 9.17) is 4.52 Å². The van der Waals surface area contributed by atoms with Crippen LogP contribution in [0.15, 0.2) is 16.9 Å².